The molecule has 1 radical (unpaired) electrons. The first-order valence-electron chi connectivity index (χ1n) is 4.80. The van der Waals surface area contributed by atoms with E-state index < -0.39 is 19.9 Å². The monoisotopic (exact) mass is 205 g/mol. The summed E-state index contributed by atoms with van der Waals surface area (Å²) in [6, 6.07) is 0. The molecule has 2 atom stereocenters. The third-order valence-electron chi connectivity index (χ3n) is 1.41. The zero-order valence-corrected chi connectivity index (χ0v) is 9.19. The maximum Gasteiger partial charge on any atom is 0.670 e. The van der Waals surface area contributed by atoms with Gasteiger partial charge in [-0.25, -0.2) is 5.02 Å². The summed E-state index contributed by atoms with van der Waals surface area (Å²) in [6.07, 6.45) is -1.12. The van der Waals surface area contributed by atoms with Gasteiger partial charge in [0, 0.05) is 13.2 Å². The molecule has 5 nitrogen and oxygen atoms in total. The Morgan fingerprint density at radius 3 is 1.64 bits per heavy atom. The number of hydrogen-bond donors (Lipinski definition) is 0. The quantitative estimate of drug-likeness (QED) is 0.441. The number of rotatable bonds is 8. The van der Waals surface area contributed by atoms with Crippen molar-refractivity contribution < 1.29 is 23.8 Å². The Kier molecular flexibility index (Phi) is 8.12. The molecule has 0 saturated heterocycles. The van der Waals surface area contributed by atoms with Crippen LogP contribution >= 0.6 is 0 Å². The highest BCUT2D eigenvalue weighted by molar-refractivity contribution is 6.34. The van der Waals surface area contributed by atoms with E-state index >= 15 is 0 Å². The normalized spacial score (nSPS) is 15.2. The molecule has 0 aromatic carbocycles. The fourth-order valence-corrected chi connectivity index (χ4v) is 0.893. The van der Waals surface area contributed by atoms with Gasteiger partial charge in [0.1, 0.15) is 12.6 Å². The van der Waals surface area contributed by atoms with Crippen LogP contribution in [-0.4, -0.2) is 33.1 Å². The molecule has 0 aliphatic carbocycles. The van der Waals surface area contributed by atoms with Crippen molar-refractivity contribution in [3.63, 3.8) is 0 Å². The molecular weight excluding hydrogens is 187 g/mol. The lowest BCUT2D eigenvalue weighted by Crippen LogP contribution is -2.32. The standard InChI is InChI=1S/C8H18BO5/c1-5-11-7(3)13-9(10)14-8(4)12-6-2/h7-8H,5-6H2,1-4H3. The van der Waals surface area contributed by atoms with Gasteiger partial charge in [0.25, 0.3) is 0 Å². The van der Waals surface area contributed by atoms with Crippen molar-refractivity contribution in [2.45, 2.75) is 40.3 Å². The zero-order chi connectivity index (χ0) is 11.0. The van der Waals surface area contributed by atoms with Gasteiger partial charge in [-0.05, 0) is 27.7 Å². The SMILES string of the molecule is CCOC(C)OB([O])OC(C)OCC. The summed E-state index contributed by atoms with van der Waals surface area (Å²) in [7, 11) is -1.57. The Hall–Kier alpha value is -0.135. The fourth-order valence-electron chi connectivity index (χ4n) is 0.893. The molecule has 0 fully saturated rings. The fraction of sp³-hybridized carbons (Fsp3) is 1.00. The van der Waals surface area contributed by atoms with Gasteiger partial charge < -0.3 is 18.8 Å². The van der Waals surface area contributed by atoms with Gasteiger partial charge in [-0.2, -0.15) is 0 Å². The maximum absolute atomic E-state index is 11.1. The lowest BCUT2D eigenvalue weighted by molar-refractivity contribution is -0.132. The summed E-state index contributed by atoms with van der Waals surface area (Å²) in [4.78, 5) is 0. The Bertz CT molecular complexity index is 121. The van der Waals surface area contributed by atoms with Crippen LogP contribution in [0, 0.1) is 0 Å². The van der Waals surface area contributed by atoms with Gasteiger partial charge in [0.2, 0.25) is 0 Å². The van der Waals surface area contributed by atoms with E-state index in [0.29, 0.717) is 13.2 Å². The predicted molar refractivity (Wildman–Crippen MR) is 50.8 cm³/mol. The highest BCUT2D eigenvalue weighted by Crippen LogP contribution is 2.01. The third-order valence-corrected chi connectivity index (χ3v) is 1.41. The lowest BCUT2D eigenvalue weighted by atomic mass is 10.2. The molecular formula is C8H18BO5. The van der Waals surface area contributed by atoms with Gasteiger partial charge in [-0.1, -0.05) is 0 Å². The highest BCUT2D eigenvalue weighted by atomic mass is 16.8. The van der Waals surface area contributed by atoms with Crippen LogP contribution in [0.1, 0.15) is 27.7 Å². The van der Waals surface area contributed by atoms with Crippen LogP contribution in [0.15, 0.2) is 0 Å². The summed E-state index contributed by atoms with van der Waals surface area (Å²) < 4.78 is 19.7. The molecule has 83 valence electrons. The van der Waals surface area contributed by atoms with Gasteiger partial charge in [-0.3, -0.25) is 0 Å². The Morgan fingerprint density at radius 2 is 1.36 bits per heavy atom. The second-order valence-corrected chi connectivity index (χ2v) is 2.61. The topological polar surface area (TPSA) is 56.8 Å². The largest absolute Gasteiger partial charge is 0.670 e. The molecule has 0 bridgehead atoms. The first-order chi connectivity index (χ1) is 6.60. The van der Waals surface area contributed by atoms with Crippen LogP contribution in [0.3, 0.4) is 0 Å². The molecule has 0 aromatic rings. The van der Waals surface area contributed by atoms with Crippen LogP contribution in [-0.2, 0) is 23.8 Å². The molecule has 0 spiro atoms. The van der Waals surface area contributed by atoms with E-state index in [1.54, 1.807) is 13.8 Å². The molecule has 0 heterocycles. The minimum Gasteiger partial charge on any atom is -0.358 e. The number of ether oxygens (including phenoxy) is 2. The summed E-state index contributed by atoms with van der Waals surface area (Å²) in [5.41, 5.74) is 0. The summed E-state index contributed by atoms with van der Waals surface area (Å²) >= 11 is 0. The zero-order valence-electron chi connectivity index (χ0n) is 9.19. The van der Waals surface area contributed by atoms with Crippen molar-refractivity contribution >= 4 is 7.32 Å². The van der Waals surface area contributed by atoms with E-state index in [1.165, 1.54) is 0 Å². The Balaban J connectivity index is 3.57. The van der Waals surface area contributed by atoms with E-state index in [2.05, 4.69) is 0 Å². The molecule has 0 rings (SSSR count). The molecule has 0 saturated carbocycles. The molecule has 0 amide bonds. The smallest absolute Gasteiger partial charge is 0.358 e. The van der Waals surface area contributed by atoms with E-state index in [0.717, 1.165) is 0 Å². The van der Waals surface area contributed by atoms with E-state index in [4.69, 9.17) is 18.8 Å². The second kappa shape index (κ2) is 8.20. The van der Waals surface area contributed by atoms with Crippen molar-refractivity contribution in [1.82, 2.24) is 0 Å². The van der Waals surface area contributed by atoms with Crippen LogP contribution in [0.4, 0.5) is 0 Å². The average Bonchev–Trinajstić information content (AvgIpc) is 2.03. The third kappa shape index (κ3) is 7.29. The lowest BCUT2D eigenvalue weighted by Gasteiger charge is -2.17. The maximum atomic E-state index is 11.1. The van der Waals surface area contributed by atoms with Gasteiger partial charge in [0.05, 0.1) is 0 Å². The van der Waals surface area contributed by atoms with Gasteiger partial charge >= 0.3 is 7.32 Å². The van der Waals surface area contributed by atoms with E-state index in [-0.39, 0.29) is 0 Å². The first kappa shape index (κ1) is 13.9. The minimum absolute atomic E-state index is 0.495. The Morgan fingerprint density at radius 1 is 1.00 bits per heavy atom. The van der Waals surface area contributed by atoms with Crippen molar-refractivity contribution in [1.29, 1.82) is 0 Å². The molecule has 0 aliphatic heterocycles. The summed E-state index contributed by atoms with van der Waals surface area (Å²) in [5.74, 6) is 0. The average molecular weight is 205 g/mol. The second-order valence-electron chi connectivity index (χ2n) is 2.61. The van der Waals surface area contributed by atoms with Crippen LogP contribution < -0.4 is 0 Å². The number of hydrogen-bond acceptors (Lipinski definition) is 4. The van der Waals surface area contributed by atoms with Crippen LogP contribution in [0.25, 0.3) is 0 Å². The van der Waals surface area contributed by atoms with E-state index in [1.807, 2.05) is 13.8 Å². The molecule has 2 unspecified atom stereocenters. The molecule has 0 aliphatic rings. The van der Waals surface area contributed by atoms with Gasteiger partial charge in [-0.15, -0.1) is 0 Å². The van der Waals surface area contributed by atoms with Gasteiger partial charge in [0.15, 0.2) is 0 Å². The molecule has 0 N–H and O–H groups in total. The molecule has 6 heteroatoms. The van der Waals surface area contributed by atoms with Crippen molar-refractivity contribution in [2.24, 2.45) is 0 Å². The van der Waals surface area contributed by atoms with Crippen LogP contribution in [0.2, 0.25) is 0 Å². The predicted octanol–water partition coefficient (Wildman–Crippen LogP) is 1.20. The Labute approximate surface area is 85.5 Å². The molecule has 0 aromatic heterocycles. The minimum atomic E-state index is -1.57. The molecule has 14 heavy (non-hydrogen) atoms. The summed E-state index contributed by atoms with van der Waals surface area (Å²) in [6.45, 7) is 7.92. The van der Waals surface area contributed by atoms with Crippen molar-refractivity contribution in [3.05, 3.63) is 0 Å². The van der Waals surface area contributed by atoms with E-state index in [9.17, 15) is 5.02 Å². The van der Waals surface area contributed by atoms with Crippen LogP contribution in [0.5, 0.6) is 0 Å². The van der Waals surface area contributed by atoms with Crippen molar-refractivity contribution in [3.8, 4) is 0 Å². The van der Waals surface area contributed by atoms with Crippen molar-refractivity contribution in [2.75, 3.05) is 13.2 Å². The first-order valence-corrected chi connectivity index (χ1v) is 4.80. The highest BCUT2D eigenvalue weighted by Gasteiger charge is 2.24. The summed E-state index contributed by atoms with van der Waals surface area (Å²) in [5, 5.41) is 11.1.